The number of anilines is 1. The SMILES string of the molecule is COc1cc(CN=C(N)Nc2ccc(OC(C)C)cc2)ccn1. The highest BCUT2D eigenvalue weighted by Gasteiger charge is 2.00. The van der Waals surface area contributed by atoms with Crippen molar-refractivity contribution in [2.24, 2.45) is 10.7 Å². The predicted molar refractivity (Wildman–Crippen MR) is 91.9 cm³/mol. The highest BCUT2D eigenvalue weighted by Crippen LogP contribution is 2.16. The van der Waals surface area contributed by atoms with Gasteiger partial charge in [0, 0.05) is 18.0 Å². The van der Waals surface area contributed by atoms with Crippen molar-refractivity contribution in [3.05, 3.63) is 48.2 Å². The van der Waals surface area contributed by atoms with Crippen LogP contribution in [0.1, 0.15) is 19.4 Å². The number of aliphatic imine (C=N–C) groups is 1. The Morgan fingerprint density at radius 1 is 1.26 bits per heavy atom. The number of ether oxygens (including phenoxy) is 2. The summed E-state index contributed by atoms with van der Waals surface area (Å²) in [5, 5.41) is 3.05. The van der Waals surface area contributed by atoms with Gasteiger partial charge in [-0.1, -0.05) is 0 Å². The van der Waals surface area contributed by atoms with Gasteiger partial charge in [-0.05, 0) is 49.7 Å². The normalized spacial score (nSPS) is 11.4. The van der Waals surface area contributed by atoms with Crippen LogP contribution < -0.4 is 20.5 Å². The van der Waals surface area contributed by atoms with Gasteiger partial charge < -0.3 is 20.5 Å². The summed E-state index contributed by atoms with van der Waals surface area (Å²) in [6.07, 6.45) is 1.83. The maximum atomic E-state index is 5.90. The summed E-state index contributed by atoms with van der Waals surface area (Å²) in [5.74, 6) is 1.73. The molecule has 0 saturated carbocycles. The lowest BCUT2D eigenvalue weighted by molar-refractivity contribution is 0.242. The average Bonchev–Trinajstić information content (AvgIpc) is 2.54. The van der Waals surface area contributed by atoms with Crippen LogP contribution in [-0.4, -0.2) is 24.2 Å². The van der Waals surface area contributed by atoms with Gasteiger partial charge in [-0.2, -0.15) is 0 Å². The lowest BCUT2D eigenvalue weighted by Crippen LogP contribution is -2.22. The predicted octanol–water partition coefficient (Wildman–Crippen LogP) is 2.80. The fourth-order valence-corrected chi connectivity index (χ4v) is 1.91. The van der Waals surface area contributed by atoms with Crippen molar-refractivity contribution in [3.63, 3.8) is 0 Å². The van der Waals surface area contributed by atoms with Crippen molar-refractivity contribution in [1.29, 1.82) is 0 Å². The van der Waals surface area contributed by atoms with Gasteiger partial charge in [0.2, 0.25) is 5.88 Å². The number of rotatable bonds is 6. The van der Waals surface area contributed by atoms with Crippen LogP contribution in [-0.2, 0) is 6.54 Å². The maximum Gasteiger partial charge on any atom is 0.213 e. The molecule has 1 heterocycles. The van der Waals surface area contributed by atoms with Gasteiger partial charge in [-0.15, -0.1) is 0 Å². The molecule has 0 fully saturated rings. The first-order chi connectivity index (χ1) is 11.1. The molecule has 0 unspecified atom stereocenters. The van der Waals surface area contributed by atoms with Crippen LogP contribution in [0.3, 0.4) is 0 Å². The Morgan fingerprint density at radius 2 is 2.00 bits per heavy atom. The van der Waals surface area contributed by atoms with Gasteiger partial charge in [0.15, 0.2) is 5.96 Å². The number of aromatic nitrogens is 1. The monoisotopic (exact) mass is 314 g/mol. The van der Waals surface area contributed by atoms with Gasteiger partial charge >= 0.3 is 0 Å². The van der Waals surface area contributed by atoms with E-state index in [9.17, 15) is 0 Å². The number of nitrogens with two attached hydrogens (primary N) is 1. The Hall–Kier alpha value is -2.76. The van der Waals surface area contributed by atoms with Crippen molar-refractivity contribution >= 4 is 11.6 Å². The van der Waals surface area contributed by atoms with E-state index in [1.807, 2.05) is 50.2 Å². The van der Waals surface area contributed by atoms with E-state index in [0.717, 1.165) is 17.0 Å². The summed E-state index contributed by atoms with van der Waals surface area (Å²) < 4.78 is 10.7. The Morgan fingerprint density at radius 3 is 2.65 bits per heavy atom. The summed E-state index contributed by atoms with van der Waals surface area (Å²) in [6.45, 7) is 4.43. The van der Waals surface area contributed by atoms with E-state index < -0.39 is 0 Å². The summed E-state index contributed by atoms with van der Waals surface area (Å²) in [7, 11) is 1.58. The molecular formula is C17H22N4O2. The summed E-state index contributed by atoms with van der Waals surface area (Å²) >= 11 is 0. The first-order valence-corrected chi connectivity index (χ1v) is 7.39. The molecule has 2 rings (SSSR count). The molecular weight excluding hydrogens is 292 g/mol. The van der Waals surface area contributed by atoms with E-state index in [1.165, 1.54) is 0 Å². The molecule has 0 spiro atoms. The molecule has 0 amide bonds. The Kier molecular flexibility index (Phi) is 5.80. The summed E-state index contributed by atoms with van der Waals surface area (Å²) in [5.41, 5.74) is 7.73. The number of nitrogens with zero attached hydrogens (tertiary/aromatic N) is 2. The van der Waals surface area contributed by atoms with E-state index in [0.29, 0.717) is 18.4 Å². The number of hydrogen-bond donors (Lipinski definition) is 2. The molecule has 2 aromatic rings. The zero-order valence-corrected chi connectivity index (χ0v) is 13.6. The topological polar surface area (TPSA) is 81.8 Å². The first kappa shape index (κ1) is 16.6. The molecule has 6 nitrogen and oxygen atoms in total. The van der Waals surface area contributed by atoms with E-state index in [2.05, 4.69) is 15.3 Å². The second kappa shape index (κ2) is 8.03. The molecule has 1 aromatic heterocycles. The molecule has 0 aliphatic carbocycles. The molecule has 0 saturated heterocycles. The number of pyridine rings is 1. The highest BCUT2D eigenvalue weighted by molar-refractivity contribution is 5.92. The van der Waals surface area contributed by atoms with Crippen molar-refractivity contribution in [1.82, 2.24) is 4.98 Å². The molecule has 0 aliphatic heterocycles. The second-order valence-electron chi connectivity index (χ2n) is 5.22. The summed E-state index contributed by atoms with van der Waals surface area (Å²) in [4.78, 5) is 8.36. The fourth-order valence-electron chi connectivity index (χ4n) is 1.91. The molecule has 23 heavy (non-hydrogen) atoms. The van der Waals surface area contributed by atoms with Crippen molar-refractivity contribution in [2.75, 3.05) is 12.4 Å². The third-order valence-corrected chi connectivity index (χ3v) is 2.94. The molecule has 0 atom stereocenters. The van der Waals surface area contributed by atoms with Crippen LogP contribution in [0.15, 0.2) is 47.6 Å². The Balaban J connectivity index is 1.93. The van der Waals surface area contributed by atoms with Crippen LogP contribution in [0.25, 0.3) is 0 Å². The molecule has 1 aromatic carbocycles. The van der Waals surface area contributed by atoms with Gasteiger partial charge in [-0.3, -0.25) is 0 Å². The van der Waals surface area contributed by atoms with E-state index in [-0.39, 0.29) is 6.10 Å². The lowest BCUT2D eigenvalue weighted by Gasteiger charge is -2.11. The van der Waals surface area contributed by atoms with Crippen LogP contribution >= 0.6 is 0 Å². The molecule has 6 heteroatoms. The second-order valence-corrected chi connectivity index (χ2v) is 5.22. The molecule has 3 N–H and O–H groups in total. The zero-order valence-electron chi connectivity index (χ0n) is 13.6. The smallest absolute Gasteiger partial charge is 0.213 e. The Labute approximate surface area is 136 Å². The molecule has 0 radical (unpaired) electrons. The number of methoxy groups -OCH3 is 1. The lowest BCUT2D eigenvalue weighted by atomic mass is 10.3. The number of guanidine groups is 1. The van der Waals surface area contributed by atoms with Gasteiger partial charge in [-0.25, -0.2) is 9.98 Å². The number of nitrogens with one attached hydrogen (secondary N) is 1. The highest BCUT2D eigenvalue weighted by atomic mass is 16.5. The quantitative estimate of drug-likeness (QED) is 0.633. The van der Waals surface area contributed by atoms with Crippen molar-refractivity contribution < 1.29 is 9.47 Å². The standard InChI is InChI=1S/C17H22N4O2/c1-12(2)23-15-6-4-14(5-7-15)21-17(18)20-11-13-8-9-19-16(10-13)22-3/h4-10,12H,11H2,1-3H3,(H3,18,20,21). The maximum absolute atomic E-state index is 5.90. The number of hydrogen-bond acceptors (Lipinski definition) is 4. The molecule has 122 valence electrons. The van der Waals surface area contributed by atoms with Gasteiger partial charge in [0.1, 0.15) is 5.75 Å². The minimum absolute atomic E-state index is 0.151. The fraction of sp³-hybridized carbons (Fsp3) is 0.294. The van der Waals surface area contributed by atoms with Gasteiger partial charge in [0.05, 0.1) is 19.8 Å². The third kappa shape index (κ3) is 5.50. The van der Waals surface area contributed by atoms with Crippen LogP contribution in [0, 0.1) is 0 Å². The zero-order chi connectivity index (χ0) is 16.7. The van der Waals surface area contributed by atoms with E-state index in [1.54, 1.807) is 13.3 Å². The van der Waals surface area contributed by atoms with Crippen LogP contribution in [0.2, 0.25) is 0 Å². The third-order valence-electron chi connectivity index (χ3n) is 2.94. The molecule has 0 aliphatic rings. The summed E-state index contributed by atoms with van der Waals surface area (Å²) in [6, 6.07) is 11.3. The first-order valence-electron chi connectivity index (χ1n) is 7.39. The minimum Gasteiger partial charge on any atom is -0.491 e. The van der Waals surface area contributed by atoms with Crippen LogP contribution in [0.4, 0.5) is 5.69 Å². The largest absolute Gasteiger partial charge is 0.491 e. The van der Waals surface area contributed by atoms with E-state index >= 15 is 0 Å². The van der Waals surface area contributed by atoms with Gasteiger partial charge in [0.25, 0.3) is 0 Å². The number of benzene rings is 1. The molecule has 0 bridgehead atoms. The van der Waals surface area contributed by atoms with Crippen molar-refractivity contribution in [3.8, 4) is 11.6 Å². The van der Waals surface area contributed by atoms with Crippen LogP contribution in [0.5, 0.6) is 11.6 Å². The minimum atomic E-state index is 0.151. The average molecular weight is 314 g/mol. The Bertz CT molecular complexity index is 654. The van der Waals surface area contributed by atoms with Crippen molar-refractivity contribution in [2.45, 2.75) is 26.5 Å². The van der Waals surface area contributed by atoms with E-state index in [4.69, 9.17) is 15.2 Å².